The molecule has 0 aromatic rings. The summed E-state index contributed by atoms with van der Waals surface area (Å²) < 4.78 is 0. The summed E-state index contributed by atoms with van der Waals surface area (Å²) >= 11 is 5.85. The van der Waals surface area contributed by atoms with Crippen molar-refractivity contribution in [3.05, 3.63) is 0 Å². The highest BCUT2D eigenvalue weighted by molar-refractivity contribution is 6.18. The van der Waals surface area contributed by atoms with Crippen LogP contribution >= 0.6 is 11.6 Å². The van der Waals surface area contributed by atoms with Gasteiger partial charge in [-0.05, 0) is 30.6 Å². The second-order valence-corrected chi connectivity index (χ2v) is 4.13. The molecule has 2 nitrogen and oxygen atoms in total. The molecule has 1 fully saturated rings. The highest BCUT2D eigenvalue weighted by Crippen LogP contribution is 2.41. The lowest BCUT2D eigenvalue weighted by atomic mass is 9.87. The highest BCUT2D eigenvalue weighted by Gasteiger charge is 2.36. The van der Waals surface area contributed by atoms with Gasteiger partial charge in [-0.1, -0.05) is 6.92 Å². The molecule has 1 saturated carbocycles. The molecule has 1 aliphatic rings. The minimum Gasteiger partial charge on any atom is -0.392 e. The molecule has 3 unspecified atom stereocenters. The smallest absolute Gasteiger partial charge is 0.0691 e. The minimum atomic E-state index is -0.380. The van der Waals surface area contributed by atoms with E-state index in [0.717, 1.165) is 5.92 Å². The van der Waals surface area contributed by atoms with Gasteiger partial charge in [0.25, 0.3) is 0 Å². The number of aliphatic hydroxyl groups is 1. The molecular weight excluding hydrogens is 174 g/mol. The fourth-order valence-corrected chi connectivity index (χ4v) is 2.25. The Bertz CT molecular complexity index is 138. The van der Waals surface area contributed by atoms with Crippen LogP contribution in [0.1, 0.15) is 19.8 Å². The molecule has 12 heavy (non-hydrogen) atoms. The summed E-state index contributed by atoms with van der Waals surface area (Å²) in [4.78, 5) is 0. The van der Waals surface area contributed by atoms with Gasteiger partial charge in [0.1, 0.15) is 0 Å². The van der Waals surface area contributed by atoms with Gasteiger partial charge in [-0.25, -0.2) is 0 Å². The number of nitrogens with two attached hydrogens (primary N) is 1. The summed E-state index contributed by atoms with van der Waals surface area (Å²) in [5, 5.41) is 9.52. The third kappa shape index (κ3) is 2.35. The fourth-order valence-electron chi connectivity index (χ4n) is 1.72. The number of aliphatic hydroxyl groups excluding tert-OH is 1. The molecule has 0 radical (unpaired) electrons. The van der Waals surface area contributed by atoms with Gasteiger partial charge in [-0.3, -0.25) is 0 Å². The van der Waals surface area contributed by atoms with Crippen molar-refractivity contribution in [2.45, 2.75) is 25.9 Å². The van der Waals surface area contributed by atoms with E-state index >= 15 is 0 Å². The van der Waals surface area contributed by atoms with E-state index in [4.69, 9.17) is 17.3 Å². The van der Waals surface area contributed by atoms with Crippen molar-refractivity contribution in [1.82, 2.24) is 0 Å². The van der Waals surface area contributed by atoms with Crippen LogP contribution in [0.3, 0.4) is 0 Å². The van der Waals surface area contributed by atoms with Gasteiger partial charge in [0.15, 0.2) is 0 Å². The van der Waals surface area contributed by atoms with Crippen molar-refractivity contribution < 1.29 is 5.11 Å². The van der Waals surface area contributed by atoms with Crippen LogP contribution in [0.5, 0.6) is 0 Å². The molecule has 3 N–H and O–H groups in total. The number of hydrogen-bond acceptors (Lipinski definition) is 2. The normalized spacial score (nSPS) is 25.0. The minimum absolute atomic E-state index is 0.250. The van der Waals surface area contributed by atoms with Crippen LogP contribution in [0.25, 0.3) is 0 Å². The van der Waals surface area contributed by atoms with Crippen molar-refractivity contribution in [2.24, 2.45) is 23.5 Å². The van der Waals surface area contributed by atoms with Gasteiger partial charge in [-0.15, -0.1) is 11.6 Å². The summed E-state index contributed by atoms with van der Waals surface area (Å²) in [6, 6.07) is 0. The third-order valence-corrected chi connectivity index (χ3v) is 3.29. The molecule has 72 valence electrons. The third-order valence-electron chi connectivity index (χ3n) is 2.93. The molecule has 0 bridgehead atoms. The fraction of sp³-hybridized carbons (Fsp3) is 1.00. The van der Waals surface area contributed by atoms with Crippen molar-refractivity contribution in [1.29, 1.82) is 0 Å². The summed E-state index contributed by atoms with van der Waals surface area (Å²) in [6.45, 7) is 2.39. The zero-order valence-corrected chi connectivity index (χ0v) is 8.30. The molecule has 0 aromatic heterocycles. The first-order valence-corrected chi connectivity index (χ1v) is 5.18. The zero-order chi connectivity index (χ0) is 9.14. The lowest BCUT2D eigenvalue weighted by Crippen LogP contribution is -2.33. The van der Waals surface area contributed by atoms with E-state index < -0.39 is 0 Å². The molecular formula is C9H18ClNO. The van der Waals surface area contributed by atoms with Crippen molar-refractivity contribution in [2.75, 3.05) is 12.4 Å². The van der Waals surface area contributed by atoms with E-state index in [1.807, 2.05) is 6.92 Å². The Morgan fingerprint density at radius 1 is 1.58 bits per heavy atom. The van der Waals surface area contributed by atoms with Crippen LogP contribution in [0.2, 0.25) is 0 Å². The molecule has 0 saturated heterocycles. The SMILES string of the molecule is CC(C(O)CN)C(CCl)C1CC1. The Hall–Kier alpha value is 0.210. The van der Waals surface area contributed by atoms with E-state index in [-0.39, 0.29) is 12.0 Å². The maximum atomic E-state index is 9.52. The van der Waals surface area contributed by atoms with E-state index in [1.165, 1.54) is 12.8 Å². The number of rotatable bonds is 5. The molecule has 0 aliphatic heterocycles. The number of halogens is 1. The Balaban J connectivity index is 2.40. The molecule has 3 atom stereocenters. The highest BCUT2D eigenvalue weighted by atomic mass is 35.5. The van der Waals surface area contributed by atoms with Gasteiger partial charge >= 0.3 is 0 Å². The molecule has 0 heterocycles. The van der Waals surface area contributed by atoms with Gasteiger partial charge in [0.2, 0.25) is 0 Å². The first-order chi connectivity index (χ1) is 5.70. The summed E-state index contributed by atoms with van der Waals surface area (Å²) in [7, 11) is 0. The average Bonchev–Trinajstić information content (AvgIpc) is 2.88. The van der Waals surface area contributed by atoms with Crippen molar-refractivity contribution in [3.8, 4) is 0 Å². The maximum Gasteiger partial charge on any atom is 0.0691 e. The van der Waals surface area contributed by atoms with E-state index in [1.54, 1.807) is 0 Å². The van der Waals surface area contributed by atoms with Crippen LogP contribution < -0.4 is 5.73 Å². The van der Waals surface area contributed by atoms with E-state index in [2.05, 4.69) is 0 Å². The lowest BCUT2D eigenvalue weighted by Gasteiger charge is -2.25. The lowest BCUT2D eigenvalue weighted by molar-refractivity contribution is 0.0889. The summed E-state index contributed by atoms with van der Waals surface area (Å²) in [5.41, 5.74) is 5.39. The van der Waals surface area contributed by atoms with Crippen molar-refractivity contribution >= 4 is 11.6 Å². The predicted molar refractivity (Wildman–Crippen MR) is 51.2 cm³/mol. The van der Waals surface area contributed by atoms with Crippen LogP contribution in [0, 0.1) is 17.8 Å². The molecule has 1 aliphatic carbocycles. The van der Waals surface area contributed by atoms with E-state index in [0.29, 0.717) is 18.3 Å². The standard InChI is InChI=1S/C9H18ClNO/c1-6(9(12)5-11)8(4-10)7-2-3-7/h6-9,12H,2-5,11H2,1H3. The predicted octanol–water partition coefficient (Wildman–Crippen LogP) is 1.21. The molecule has 3 heteroatoms. The Morgan fingerprint density at radius 2 is 2.17 bits per heavy atom. The zero-order valence-electron chi connectivity index (χ0n) is 7.54. The second-order valence-electron chi connectivity index (χ2n) is 3.82. The quantitative estimate of drug-likeness (QED) is 0.642. The van der Waals surface area contributed by atoms with E-state index in [9.17, 15) is 5.11 Å². The monoisotopic (exact) mass is 191 g/mol. The molecule has 0 amide bonds. The summed E-state index contributed by atoms with van der Waals surface area (Å²) in [5.74, 6) is 2.12. The second kappa shape index (κ2) is 4.45. The van der Waals surface area contributed by atoms with Gasteiger partial charge in [0, 0.05) is 12.4 Å². The maximum absolute atomic E-state index is 9.52. The van der Waals surface area contributed by atoms with Crippen molar-refractivity contribution in [3.63, 3.8) is 0 Å². The largest absolute Gasteiger partial charge is 0.392 e. The Kier molecular flexibility index (Phi) is 3.81. The summed E-state index contributed by atoms with van der Waals surface area (Å²) in [6.07, 6.45) is 2.17. The Labute approximate surface area is 79.1 Å². The number of hydrogen-bond donors (Lipinski definition) is 2. The Morgan fingerprint density at radius 3 is 2.50 bits per heavy atom. The molecule has 0 spiro atoms. The van der Waals surface area contributed by atoms with Crippen LogP contribution in [-0.2, 0) is 0 Å². The topological polar surface area (TPSA) is 46.2 Å². The molecule has 0 aromatic carbocycles. The van der Waals surface area contributed by atoms with Gasteiger partial charge in [-0.2, -0.15) is 0 Å². The first kappa shape index (κ1) is 10.3. The first-order valence-electron chi connectivity index (χ1n) is 4.64. The van der Waals surface area contributed by atoms with Crippen LogP contribution in [0.4, 0.5) is 0 Å². The number of alkyl halides is 1. The molecule has 1 rings (SSSR count). The average molecular weight is 192 g/mol. The van der Waals surface area contributed by atoms with Gasteiger partial charge < -0.3 is 10.8 Å². The van der Waals surface area contributed by atoms with Gasteiger partial charge in [0.05, 0.1) is 6.10 Å². The van der Waals surface area contributed by atoms with Crippen LogP contribution in [-0.4, -0.2) is 23.6 Å². The van der Waals surface area contributed by atoms with Crippen LogP contribution in [0.15, 0.2) is 0 Å².